The van der Waals surface area contributed by atoms with Crippen LogP contribution >= 0.6 is 11.8 Å². The quantitative estimate of drug-likeness (QED) is 0.154. The lowest BCUT2D eigenvalue weighted by molar-refractivity contribution is -0.149. The monoisotopic (exact) mass is 582 g/mol. The van der Waals surface area contributed by atoms with Crippen LogP contribution in [-0.2, 0) is 16.0 Å². The van der Waals surface area contributed by atoms with Gasteiger partial charge in [-0.05, 0) is 43.8 Å². The Hall–Kier alpha value is -2.42. The Morgan fingerprint density at radius 3 is 2.35 bits per heavy atom. The number of ether oxygens (including phenoxy) is 2. The molecule has 224 valence electrons. The van der Waals surface area contributed by atoms with Crippen LogP contribution in [0.25, 0.3) is 0 Å². The first kappa shape index (κ1) is 33.8. The fraction of sp³-hybridized carbons (Fsp3) is 0.536. The molecule has 40 heavy (non-hydrogen) atoms. The second kappa shape index (κ2) is 18.1. The number of aliphatic carboxylic acids is 1. The van der Waals surface area contributed by atoms with Gasteiger partial charge in [0.15, 0.2) is 6.10 Å². The summed E-state index contributed by atoms with van der Waals surface area (Å²) in [7, 11) is 1.57. The van der Waals surface area contributed by atoms with Crippen LogP contribution in [0.15, 0.2) is 53.4 Å². The molecular weight excluding hydrogens is 540 g/mol. The van der Waals surface area contributed by atoms with Crippen LogP contribution in [-0.4, -0.2) is 119 Å². The van der Waals surface area contributed by atoms with Gasteiger partial charge in [0.2, 0.25) is 0 Å². The summed E-state index contributed by atoms with van der Waals surface area (Å²) < 4.78 is 11.1. The lowest BCUT2D eigenvalue weighted by Crippen LogP contribution is -2.48. The maximum atomic E-state index is 11.2. The predicted molar refractivity (Wildman–Crippen MR) is 153 cm³/mol. The van der Waals surface area contributed by atoms with E-state index in [1.807, 2.05) is 36.0 Å². The Kier molecular flexibility index (Phi) is 15.3. The highest BCUT2D eigenvalue weighted by Gasteiger charge is 2.29. The number of hydrogen-bond acceptors (Lipinski definition) is 11. The molecule has 0 bridgehead atoms. The number of anilines is 1. The fourth-order valence-electron chi connectivity index (χ4n) is 3.98. The average Bonchev–Trinajstić information content (AvgIpc) is 2.97. The van der Waals surface area contributed by atoms with Crippen molar-refractivity contribution in [1.82, 2.24) is 5.32 Å². The number of carboxylic acids is 1. The SMILES string of the molecule is CCOC(Cc1ccc(OCCN2CCSc3ccccc32)cc1)C(=O)O.CNC[C@H](O)[C@@H](O)[C@H](O)[C@H](O)CO. The number of carboxylic acid groups (broad SMARTS) is 1. The largest absolute Gasteiger partial charge is 0.492 e. The Morgan fingerprint density at radius 1 is 1.05 bits per heavy atom. The van der Waals surface area contributed by atoms with Crippen LogP contribution in [0.4, 0.5) is 5.69 Å². The molecule has 0 radical (unpaired) electrons. The fourth-order valence-corrected chi connectivity index (χ4v) is 5.03. The number of aliphatic hydroxyl groups is 5. The number of carbonyl (C=O) groups is 1. The lowest BCUT2D eigenvalue weighted by atomic mass is 10.0. The molecule has 0 spiro atoms. The summed E-state index contributed by atoms with van der Waals surface area (Å²) in [5, 5.41) is 56.6. The molecule has 2 aromatic carbocycles. The van der Waals surface area contributed by atoms with E-state index in [4.69, 9.17) is 29.9 Å². The molecule has 1 aliphatic rings. The van der Waals surface area contributed by atoms with Crippen molar-refractivity contribution >= 4 is 23.4 Å². The Morgan fingerprint density at radius 2 is 1.73 bits per heavy atom. The van der Waals surface area contributed by atoms with Crippen LogP contribution in [0.2, 0.25) is 0 Å². The summed E-state index contributed by atoms with van der Waals surface area (Å²) in [6.45, 7) is 4.08. The van der Waals surface area contributed by atoms with Gasteiger partial charge in [0.05, 0.1) is 24.9 Å². The van der Waals surface area contributed by atoms with E-state index in [0.29, 0.717) is 19.6 Å². The summed E-state index contributed by atoms with van der Waals surface area (Å²) in [6, 6.07) is 16.1. The molecule has 0 aromatic heterocycles. The van der Waals surface area contributed by atoms with Crippen molar-refractivity contribution in [2.45, 2.75) is 48.8 Å². The van der Waals surface area contributed by atoms with Crippen molar-refractivity contribution < 1.29 is 44.9 Å². The van der Waals surface area contributed by atoms with Gasteiger partial charge >= 0.3 is 5.97 Å². The molecule has 7 N–H and O–H groups in total. The van der Waals surface area contributed by atoms with E-state index in [9.17, 15) is 15.0 Å². The second-order valence-corrected chi connectivity index (χ2v) is 10.3. The smallest absolute Gasteiger partial charge is 0.333 e. The van der Waals surface area contributed by atoms with E-state index in [0.717, 1.165) is 30.2 Å². The molecule has 3 rings (SSSR count). The number of nitrogens with one attached hydrogen (secondary N) is 1. The van der Waals surface area contributed by atoms with Gasteiger partial charge in [-0.15, -0.1) is 11.8 Å². The van der Waals surface area contributed by atoms with Gasteiger partial charge in [0.25, 0.3) is 0 Å². The van der Waals surface area contributed by atoms with Gasteiger partial charge in [-0.1, -0.05) is 24.3 Å². The molecule has 0 amide bonds. The molecule has 11 nitrogen and oxygen atoms in total. The predicted octanol–water partition coefficient (Wildman–Crippen LogP) is 0.352. The van der Waals surface area contributed by atoms with Crippen LogP contribution in [0.3, 0.4) is 0 Å². The summed E-state index contributed by atoms with van der Waals surface area (Å²) in [5.41, 5.74) is 2.20. The molecule has 2 aromatic rings. The normalized spacial score (nSPS) is 16.5. The summed E-state index contributed by atoms with van der Waals surface area (Å²) in [4.78, 5) is 14.9. The third-order valence-corrected chi connectivity index (χ3v) is 7.22. The molecule has 0 fully saturated rings. The maximum absolute atomic E-state index is 11.2. The highest BCUT2D eigenvalue weighted by Crippen LogP contribution is 2.34. The van der Waals surface area contributed by atoms with Crippen molar-refractivity contribution in [3.8, 4) is 5.75 Å². The maximum Gasteiger partial charge on any atom is 0.333 e. The Labute approximate surface area is 239 Å². The number of benzene rings is 2. The van der Waals surface area contributed by atoms with E-state index < -0.39 is 43.1 Å². The molecule has 0 aliphatic carbocycles. The van der Waals surface area contributed by atoms with E-state index in [1.165, 1.54) is 10.6 Å². The van der Waals surface area contributed by atoms with Gasteiger partial charge in [-0.25, -0.2) is 4.79 Å². The van der Waals surface area contributed by atoms with E-state index in [1.54, 1.807) is 14.0 Å². The van der Waals surface area contributed by atoms with E-state index >= 15 is 0 Å². The number of para-hydroxylation sites is 1. The Balaban J connectivity index is 0.000000366. The average molecular weight is 583 g/mol. The van der Waals surface area contributed by atoms with Crippen molar-refractivity contribution in [1.29, 1.82) is 0 Å². The van der Waals surface area contributed by atoms with Gasteiger partial charge in [0, 0.05) is 36.8 Å². The Bertz CT molecular complexity index is 998. The van der Waals surface area contributed by atoms with Gasteiger partial charge in [0.1, 0.15) is 30.7 Å². The van der Waals surface area contributed by atoms with E-state index in [-0.39, 0.29) is 6.54 Å². The van der Waals surface area contributed by atoms with Crippen LogP contribution in [0.5, 0.6) is 5.75 Å². The second-order valence-electron chi connectivity index (χ2n) is 9.14. The molecule has 1 aliphatic heterocycles. The highest BCUT2D eigenvalue weighted by atomic mass is 32.2. The minimum atomic E-state index is -1.55. The van der Waals surface area contributed by atoms with Crippen molar-refractivity contribution in [2.75, 3.05) is 57.2 Å². The van der Waals surface area contributed by atoms with Crippen molar-refractivity contribution in [2.24, 2.45) is 0 Å². The first-order valence-electron chi connectivity index (χ1n) is 13.2. The molecule has 0 saturated heterocycles. The standard InChI is InChI=1S/C21H25NO4S.C7H17NO5/c1-2-25-19(21(23)24)15-16-7-9-17(10-8-16)26-13-11-22-12-14-27-20-6-4-3-5-18(20)22;1-8-2-4(10)6(12)7(13)5(11)3-9/h3-10,19H,2,11-15H2,1H3,(H,23,24);4-13H,2-3H2,1H3/t;4-,5+,6+,7+/m.0/s1. The summed E-state index contributed by atoms with van der Waals surface area (Å²) in [6.07, 6.45) is -6.10. The number of fused-ring (bicyclic) bond motifs is 1. The number of rotatable bonds is 15. The first-order chi connectivity index (χ1) is 19.2. The summed E-state index contributed by atoms with van der Waals surface area (Å²) >= 11 is 1.90. The molecular formula is C28H42N2O9S. The number of hydrogen-bond donors (Lipinski definition) is 7. The zero-order valence-corrected chi connectivity index (χ0v) is 23.7. The van der Waals surface area contributed by atoms with Crippen LogP contribution in [0, 0.1) is 0 Å². The van der Waals surface area contributed by atoms with Gasteiger partial charge < -0.3 is 50.3 Å². The number of nitrogens with zero attached hydrogens (tertiary/aromatic N) is 1. The summed E-state index contributed by atoms with van der Waals surface area (Å²) in [5.74, 6) is 0.954. The number of likely N-dealkylation sites (N-methyl/N-ethyl adjacent to an activating group) is 1. The molecule has 0 saturated carbocycles. The van der Waals surface area contributed by atoms with Crippen LogP contribution < -0.4 is 15.0 Å². The minimum absolute atomic E-state index is 0.0936. The third kappa shape index (κ3) is 10.9. The lowest BCUT2D eigenvalue weighted by Gasteiger charge is -2.30. The van der Waals surface area contributed by atoms with Crippen molar-refractivity contribution in [3.63, 3.8) is 0 Å². The van der Waals surface area contributed by atoms with Crippen LogP contribution in [0.1, 0.15) is 12.5 Å². The number of aliphatic hydroxyl groups excluding tert-OH is 5. The zero-order chi connectivity index (χ0) is 29.5. The van der Waals surface area contributed by atoms with Gasteiger partial charge in [-0.3, -0.25) is 0 Å². The molecule has 1 unspecified atom stereocenters. The van der Waals surface area contributed by atoms with Gasteiger partial charge in [-0.2, -0.15) is 0 Å². The molecule has 5 atom stereocenters. The number of thioether (sulfide) groups is 1. The first-order valence-corrected chi connectivity index (χ1v) is 14.2. The molecule has 1 heterocycles. The van der Waals surface area contributed by atoms with E-state index in [2.05, 4.69) is 34.5 Å². The highest BCUT2D eigenvalue weighted by molar-refractivity contribution is 7.99. The minimum Gasteiger partial charge on any atom is -0.492 e. The third-order valence-electron chi connectivity index (χ3n) is 6.18. The zero-order valence-electron chi connectivity index (χ0n) is 22.9. The molecule has 12 heteroatoms. The van der Waals surface area contributed by atoms with Crippen molar-refractivity contribution in [3.05, 3.63) is 54.1 Å². The topological polar surface area (TPSA) is 172 Å².